The van der Waals surface area contributed by atoms with Gasteiger partial charge in [-0.3, -0.25) is 19.3 Å². The highest BCUT2D eigenvalue weighted by atomic mass is 16.3. The molecule has 130 valence electrons. The van der Waals surface area contributed by atoms with E-state index in [0.29, 0.717) is 13.1 Å². The van der Waals surface area contributed by atoms with Crippen LogP contribution in [0.4, 0.5) is 0 Å². The predicted octanol–water partition coefficient (Wildman–Crippen LogP) is -0.224. The summed E-state index contributed by atoms with van der Waals surface area (Å²) in [7, 11) is 0. The number of aromatic hydroxyl groups is 1. The topological polar surface area (TPSA) is 91.9 Å². The van der Waals surface area contributed by atoms with Gasteiger partial charge in [0.2, 0.25) is 5.88 Å². The molecule has 0 aromatic carbocycles. The second kappa shape index (κ2) is 9.99. The molecule has 0 spiro atoms. The van der Waals surface area contributed by atoms with Crippen LogP contribution in [0.5, 0.6) is 5.88 Å². The van der Waals surface area contributed by atoms with E-state index < -0.39 is 11.2 Å². The zero-order valence-corrected chi connectivity index (χ0v) is 14.4. The molecule has 1 aromatic rings. The van der Waals surface area contributed by atoms with Gasteiger partial charge in [0.05, 0.1) is 19.6 Å². The smallest absolute Gasteiger partial charge is 0.331 e. The largest absolute Gasteiger partial charge is 0.494 e. The van der Waals surface area contributed by atoms with Crippen molar-refractivity contribution in [1.82, 2.24) is 9.55 Å². The summed E-state index contributed by atoms with van der Waals surface area (Å²) in [5, 5.41) is 10.1. The number of nitrogens with zero attached hydrogens (tertiary/aromatic N) is 2. The second-order valence-corrected chi connectivity index (χ2v) is 5.60. The van der Waals surface area contributed by atoms with Crippen molar-refractivity contribution in [2.75, 3.05) is 26.2 Å². The third-order valence-electron chi connectivity index (χ3n) is 3.98. The number of hydrogen-bond acceptors (Lipinski definition) is 4. The minimum absolute atomic E-state index is 0.0517. The molecule has 7 heteroatoms. The first-order valence-electron chi connectivity index (χ1n) is 8.44. The minimum atomic E-state index is -0.599. The highest BCUT2D eigenvalue weighted by Gasteiger charge is 2.11. The van der Waals surface area contributed by atoms with Gasteiger partial charge in [-0.25, -0.2) is 4.79 Å². The fourth-order valence-corrected chi connectivity index (χ4v) is 2.39. The Kier molecular flexibility index (Phi) is 8.32. The number of rotatable bonds is 10. The summed E-state index contributed by atoms with van der Waals surface area (Å²) in [5.74, 6) is -0.301. The van der Waals surface area contributed by atoms with E-state index in [9.17, 15) is 14.7 Å². The minimum Gasteiger partial charge on any atom is -0.494 e. The number of aliphatic imine (C=N–C) groups is 1. The molecule has 7 nitrogen and oxygen atoms in total. The number of nitrogens with one attached hydrogen (secondary N) is 2. The molecule has 0 bridgehead atoms. The maximum atomic E-state index is 11.8. The van der Waals surface area contributed by atoms with Crippen LogP contribution in [0.25, 0.3) is 0 Å². The van der Waals surface area contributed by atoms with Gasteiger partial charge in [-0.2, -0.15) is 0 Å². The molecule has 0 aliphatic carbocycles. The zero-order chi connectivity index (χ0) is 17.2. The molecule has 0 aliphatic rings. The molecule has 0 saturated carbocycles. The van der Waals surface area contributed by atoms with Crippen molar-refractivity contribution in [1.29, 1.82) is 0 Å². The van der Waals surface area contributed by atoms with E-state index in [4.69, 9.17) is 0 Å². The van der Waals surface area contributed by atoms with Crippen molar-refractivity contribution in [2.45, 2.75) is 46.6 Å². The molecular formula is C16H29N4O3+. The molecule has 0 fully saturated rings. The quantitative estimate of drug-likeness (QED) is 0.410. The average molecular weight is 325 g/mol. The van der Waals surface area contributed by atoms with Crippen LogP contribution in [0.1, 0.15) is 45.6 Å². The van der Waals surface area contributed by atoms with E-state index in [0.717, 1.165) is 38.9 Å². The van der Waals surface area contributed by atoms with Gasteiger partial charge in [0.1, 0.15) is 5.56 Å². The van der Waals surface area contributed by atoms with E-state index in [-0.39, 0.29) is 11.4 Å². The van der Waals surface area contributed by atoms with Crippen LogP contribution in [-0.4, -0.2) is 47.1 Å². The van der Waals surface area contributed by atoms with E-state index in [1.807, 2.05) is 6.92 Å². The number of H-pyrrole nitrogens is 1. The van der Waals surface area contributed by atoms with Gasteiger partial charge in [0, 0.05) is 25.7 Å². The van der Waals surface area contributed by atoms with Crippen LogP contribution in [0, 0.1) is 0 Å². The average Bonchev–Trinajstić information content (AvgIpc) is 2.53. The lowest BCUT2D eigenvalue weighted by molar-refractivity contribution is -0.896. The normalized spacial score (nSPS) is 11.7. The molecule has 0 amide bonds. The van der Waals surface area contributed by atoms with Crippen LogP contribution in [0.3, 0.4) is 0 Å². The van der Waals surface area contributed by atoms with Crippen molar-refractivity contribution in [3.05, 3.63) is 26.4 Å². The Morgan fingerprint density at radius 2 is 1.91 bits per heavy atom. The lowest BCUT2D eigenvalue weighted by atomic mass is 10.3. The van der Waals surface area contributed by atoms with Gasteiger partial charge in [0.25, 0.3) is 5.56 Å². The second-order valence-electron chi connectivity index (χ2n) is 5.60. The Labute approximate surface area is 136 Å². The van der Waals surface area contributed by atoms with Crippen LogP contribution in [-0.2, 0) is 6.54 Å². The predicted molar refractivity (Wildman–Crippen MR) is 91.9 cm³/mol. The fourth-order valence-electron chi connectivity index (χ4n) is 2.39. The summed E-state index contributed by atoms with van der Waals surface area (Å²) >= 11 is 0. The number of quaternary nitrogens is 1. The van der Waals surface area contributed by atoms with Crippen LogP contribution < -0.4 is 16.1 Å². The van der Waals surface area contributed by atoms with Crippen LogP contribution in [0.15, 0.2) is 14.6 Å². The third kappa shape index (κ3) is 5.67. The van der Waals surface area contributed by atoms with Crippen molar-refractivity contribution in [3.8, 4) is 5.88 Å². The van der Waals surface area contributed by atoms with E-state index in [2.05, 4.69) is 23.8 Å². The zero-order valence-electron chi connectivity index (χ0n) is 14.4. The fraction of sp³-hybridized carbons (Fsp3) is 0.688. The van der Waals surface area contributed by atoms with E-state index in [1.165, 1.54) is 15.7 Å². The SMILES string of the molecule is CCCCn1c(O)c(C=NCCC[NH+](CC)CC)c(=O)[nH]c1=O. The van der Waals surface area contributed by atoms with Gasteiger partial charge >= 0.3 is 5.69 Å². The Morgan fingerprint density at radius 3 is 2.52 bits per heavy atom. The van der Waals surface area contributed by atoms with Crippen LogP contribution >= 0.6 is 0 Å². The Morgan fingerprint density at radius 1 is 1.22 bits per heavy atom. The number of hydrogen-bond donors (Lipinski definition) is 3. The molecule has 1 rings (SSSR count). The summed E-state index contributed by atoms with van der Waals surface area (Å²) in [4.78, 5) is 31.5. The Balaban J connectivity index is 2.78. The first-order chi connectivity index (χ1) is 11.0. The maximum absolute atomic E-state index is 11.8. The first kappa shape index (κ1) is 19.2. The molecule has 0 atom stereocenters. The summed E-state index contributed by atoms with van der Waals surface area (Å²) < 4.78 is 1.19. The summed E-state index contributed by atoms with van der Waals surface area (Å²) in [5.41, 5.74) is -1.13. The van der Waals surface area contributed by atoms with Crippen molar-refractivity contribution in [3.63, 3.8) is 0 Å². The summed E-state index contributed by atoms with van der Waals surface area (Å²) in [6.45, 7) is 10.5. The first-order valence-corrected chi connectivity index (χ1v) is 8.44. The maximum Gasteiger partial charge on any atom is 0.331 e. The van der Waals surface area contributed by atoms with Gasteiger partial charge in [0.15, 0.2) is 0 Å². The monoisotopic (exact) mass is 325 g/mol. The Hall–Kier alpha value is -1.89. The number of unbranched alkanes of at least 4 members (excludes halogenated alkanes) is 1. The van der Waals surface area contributed by atoms with Crippen molar-refractivity contribution in [2.24, 2.45) is 4.99 Å². The molecule has 0 unspecified atom stereocenters. The lowest BCUT2D eigenvalue weighted by Gasteiger charge is -2.14. The van der Waals surface area contributed by atoms with Gasteiger partial charge in [-0.1, -0.05) is 13.3 Å². The molecule has 3 N–H and O–H groups in total. The molecule has 1 aromatic heterocycles. The lowest BCUT2D eigenvalue weighted by Crippen LogP contribution is -3.11. The highest BCUT2D eigenvalue weighted by Crippen LogP contribution is 2.08. The molecule has 0 radical (unpaired) electrons. The highest BCUT2D eigenvalue weighted by molar-refractivity contribution is 5.81. The van der Waals surface area contributed by atoms with Crippen molar-refractivity contribution < 1.29 is 10.0 Å². The van der Waals surface area contributed by atoms with Gasteiger partial charge in [-0.15, -0.1) is 0 Å². The van der Waals surface area contributed by atoms with E-state index >= 15 is 0 Å². The van der Waals surface area contributed by atoms with Gasteiger partial charge in [-0.05, 0) is 20.3 Å². The Bertz CT molecular complexity index is 615. The summed E-state index contributed by atoms with van der Waals surface area (Å²) in [6, 6.07) is 0. The number of aromatic amines is 1. The summed E-state index contributed by atoms with van der Waals surface area (Å²) in [6.07, 6.45) is 3.93. The third-order valence-corrected chi connectivity index (χ3v) is 3.98. The molecule has 23 heavy (non-hydrogen) atoms. The van der Waals surface area contributed by atoms with E-state index in [1.54, 1.807) is 0 Å². The number of aromatic nitrogens is 2. The molecular weight excluding hydrogens is 296 g/mol. The van der Waals surface area contributed by atoms with Crippen LogP contribution in [0.2, 0.25) is 0 Å². The van der Waals surface area contributed by atoms with Crippen molar-refractivity contribution >= 4 is 6.21 Å². The molecule has 0 saturated heterocycles. The van der Waals surface area contributed by atoms with Gasteiger partial charge < -0.3 is 10.0 Å². The molecule has 1 heterocycles. The molecule has 0 aliphatic heterocycles. The standard InChI is InChI=1S/C16H28N4O3/c1-4-7-11-20-15(22)13(14(21)18-16(20)23)12-17-9-8-10-19(5-2)6-3/h12,22H,4-11H2,1-3H3,(H,18,21,23)/p+1.